The standard InChI is InChI=1S/C27H17N2O.C13H12N.Ir/c1-17-14-18-11-13-28-16-24(18)23(15-17)21-8-4-6-19-20-7-5-9-22(27(20)30-26(19)21)25-10-2-3-12-29-25;1-10-3-6-12(7-4-10)13-8-5-11(2)9-14-13;/h2-8,10-16H,1H3;3-6,8-9H,1-2H3;/q2*-1;. The van der Waals surface area contributed by atoms with Crippen LogP contribution in [0.4, 0.5) is 0 Å². The van der Waals surface area contributed by atoms with E-state index >= 15 is 0 Å². The number of furan rings is 1. The summed E-state index contributed by atoms with van der Waals surface area (Å²) in [4.78, 5) is 13.2. The average molecular weight is 760 g/mol. The first kappa shape index (κ1) is 30.1. The van der Waals surface area contributed by atoms with E-state index in [1.165, 1.54) is 22.1 Å². The third-order valence-electron chi connectivity index (χ3n) is 7.73. The van der Waals surface area contributed by atoms with Crippen LogP contribution in [0.3, 0.4) is 0 Å². The molecule has 4 aromatic carbocycles. The topological polar surface area (TPSA) is 51.8 Å². The second-order valence-corrected chi connectivity index (χ2v) is 11.0. The van der Waals surface area contributed by atoms with Crippen molar-refractivity contribution in [2.75, 3.05) is 0 Å². The van der Waals surface area contributed by atoms with Crippen LogP contribution >= 0.6 is 0 Å². The molecule has 4 nitrogen and oxygen atoms in total. The van der Waals surface area contributed by atoms with E-state index in [-0.39, 0.29) is 20.1 Å². The van der Waals surface area contributed by atoms with Gasteiger partial charge in [-0.25, -0.2) is 0 Å². The Morgan fingerprint density at radius 3 is 2.24 bits per heavy atom. The molecule has 221 valence electrons. The fourth-order valence-electron chi connectivity index (χ4n) is 5.54. The van der Waals surface area contributed by atoms with Crippen LogP contribution in [-0.2, 0) is 20.1 Å². The third kappa shape index (κ3) is 6.06. The zero-order chi connectivity index (χ0) is 30.0. The Balaban J connectivity index is 0.000000201. The number of aromatic nitrogens is 3. The average Bonchev–Trinajstić information content (AvgIpc) is 3.45. The molecule has 0 aliphatic carbocycles. The van der Waals surface area contributed by atoms with E-state index in [1.54, 1.807) is 6.20 Å². The van der Waals surface area contributed by atoms with Gasteiger partial charge >= 0.3 is 0 Å². The summed E-state index contributed by atoms with van der Waals surface area (Å²) in [6.07, 6.45) is 7.44. The number of aryl methyl sites for hydroxylation is 3. The van der Waals surface area contributed by atoms with E-state index in [1.807, 2.05) is 68.0 Å². The van der Waals surface area contributed by atoms with Crippen molar-refractivity contribution in [2.24, 2.45) is 0 Å². The smallest absolute Gasteiger partial charge is 0.128 e. The van der Waals surface area contributed by atoms with Crippen LogP contribution in [-0.4, -0.2) is 15.0 Å². The number of para-hydroxylation sites is 1. The minimum Gasteiger partial charge on any atom is -0.500 e. The zero-order valence-corrected chi connectivity index (χ0v) is 27.5. The van der Waals surface area contributed by atoms with Crippen LogP contribution in [0.5, 0.6) is 0 Å². The van der Waals surface area contributed by atoms with Gasteiger partial charge in [0.05, 0.1) is 5.58 Å². The van der Waals surface area contributed by atoms with Crippen LogP contribution in [0.2, 0.25) is 0 Å². The largest absolute Gasteiger partial charge is 0.500 e. The van der Waals surface area contributed by atoms with Gasteiger partial charge in [0.2, 0.25) is 0 Å². The minimum absolute atomic E-state index is 0. The minimum atomic E-state index is 0. The second kappa shape index (κ2) is 13.0. The molecule has 0 N–H and O–H groups in total. The third-order valence-corrected chi connectivity index (χ3v) is 7.73. The number of pyridine rings is 3. The normalized spacial score (nSPS) is 10.8. The Morgan fingerprint density at radius 2 is 1.47 bits per heavy atom. The van der Waals surface area contributed by atoms with E-state index in [0.29, 0.717) is 0 Å². The van der Waals surface area contributed by atoms with Crippen molar-refractivity contribution in [2.45, 2.75) is 20.8 Å². The molecule has 8 aromatic rings. The predicted molar refractivity (Wildman–Crippen MR) is 179 cm³/mol. The van der Waals surface area contributed by atoms with Crippen LogP contribution < -0.4 is 0 Å². The van der Waals surface area contributed by atoms with Crippen LogP contribution in [0, 0.1) is 32.9 Å². The first-order chi connectivity index (χ1) is 21.5. The van der Waals surface area contributed by atoms with Crippen LogP contribution in [0.15, 0.2) is 126 Å². The number of hydrogen-bond donors (Lipinski definition) is 0. The predicted octanol–water partition coefficient (Wildman–Crippen LogP) is 10.1. The second-order valence-electron chi connectivity index (χ2n) is 11.0. The van der Waals surface area contributed by atoms with Crippen molar-refractivity contribution in [3.63, 3.8) is 0 Å². The van der Waals surface area contributed by atoms with Crippen molar-refractivity contribution in [1.82, 2.24) is 15.0 Å². The van der Waals surface area contributed by atoms with Crippen molar-refractivity contribution in [1.29, 1.82) is 0 Å². The number of fused-ring (bicyclic) bond motifs is 4. The molecule has 0 spiro atoms. The zero-order valence-electron chi connectivity index (χ0n) is 25.1. The van der Waals surface area contributed by atoms with E-state index in [0.717, 1.165) is 61.0 Å². The molecule has 8 rings (SSSR count). The Bertz CT molecular complexity index is 2200. The molecule has 0 bridgehead atoms. The quantitative estimate of drug-likeness (QED) is 0.168. The van der Waals surface area contributed by atoms with Crippen molar-refractivity contribution < 1.29 is 24.5 Å². The molecule has 0 aliphatic heterocycles. The van der Waals surface area contributed by atoms with Crippen molar-refractivity contribution in [3.05, 3.63) is 151 Å². The van der Waals surface area contributed by atoms with Crippen LogP contribution in [0.1, 0.15) is 16.7 Å². The fraction of sp³-hybridized carbons (Fsp3) is 0.0750. The summed E-state index contributed by atoms with van der Waals surface area (Å²) < 4.78 is 6.52. The Labute approximate surface area is 276 Å². The maximum absolute atomic E-state index is 6.52. The first-order valence-corrected chi connectivity index (χ1v) is 14.6. The van der Waals surface area contributed by atoms with Gasteiger partial charge in [0.25, 0.3) is 0 Å². The van der Waals surface area contributed by atoms with E-state index in [2.05, 4.69) is 95.5 Å². The summed E-state index contributed by atoms with van der Waals surface area (Å²) >= 11 is 0. The molecule has 4 heterocycles. The molecule has 5 heteroatoms. The van der Waals surface area contributed by atoms with Gasteiger partial charge in [0.15, 0.2) is 0 Å². The Morgan fingerprint density at radius 1 is 0.600 bits per heavy atom. The summed E-state index contributed by atoms with van der Waals surface area (Å²) in [5.41, 5.74) is 11.3. The van der Waals surface area contributed by atoms with Gasteiger partial charge in [-0.3, -0.25) is 4.98 Å². The Kier molecular flexibility index (Phi) is 8.66. The maximum Gasteiger partial charge on any atom is 0.128 e. The molecule has 0 fully saturated rings. The van der Waals surface area contributed by atoms with Gasteiger partial charge in [-0.2, -0.15) is 0 Å². The molecular weight excluding hydrogens is 731 g/mol. The van der Waals surface area contributed by atoms with E-state index in [9.17, 15) is 0 Å². The van der Waals surface area contributed by atoms with E-state index in [4.69, 9.17) is 4.42 Å². The first-order valence-electron chi connectivity index (χ1n) is 14.6. The van der Waals surface area contributed by atoms with E-state index < -0.39 is 0 Å². The van der Waals surface area contributed by atoms with Gasteiger partial charge in [-0.15, -0.1) is 53.6 Å². The maximum atomic E-state index is 6.52. The molecule has 45 heavy (non-hydrogen) atoms. The summed E-state index contributed by atoms with van der Waals surface area (Å²) in [6.45, 7) is 6.22. The molecule has 0 unspecified atom stereocenters. The van der Waals surface area contributed by atoms with Crippen molar-refractivity contribution in [3.8, 4) is 33.6 Å². The van der Waals surface area contributed by atoms with Crippen LogP contribution in [0.25, 0.3) is 66.4 Å². The van der Waals surface area contributed by atoms with Crippen molar-refractivity contribution >= 4 is 32.7 Å². The SMILES string of the molecule is Cc1c[c-]c(-c2ccc(C)cn2)cc1.Cc1cc(-c2cccc3c2oc2c(-c4ccccn4)[c-]ccc23)c2cnccc2c1.[Ir]. The number of rotatable bonds is 3. The summed E-state index contributed by atoms with van der Waals surface area (Å²) in [6, 6.07) is 39.4. The number of hydrogen-bond acceptors (Lipinski definition) is 4. The van der Waals surface area contributed by atoms with Gasteiger partial charge in [-0.05, 0) is 59.4 Å². The number of benzene rings is 4. The molecule has 4 aromatic heterocycles. The molecule has 0 aliphatic rings. The molecule has 1 radical (unpaired) electrons. The summed E-state index contributed by atoms with van der Waals surface area (Å²) in [5, 5.41) is 4.46. The Hall–Kier alpha value is -4.96. The molecule has 0 saturated heterocycles. The molecule has 0 atom stereocenters. The molecular formula is C40H29IrN3O-2. The summed E-state index contributed by atoms with van der Waals surface area (Å²) in [5.74, 6) is 0. The van der Waals surface area contributed by atoms with Gasteiger partial charge in [0.1, 0.15) is 5.58 Å². The monoisotopic (exact) mass is 760 g/mol. The molecule has 0 amide bonds. The fourth-order valence-corrected chi connectivity index (χ4v) is 5.54. The van der Waals surface area contributed by atoms with Gasteiger partial charge in [-0.1, -0.05) is 72.5 Å². The molecule has 0 saturated carbocycles. The van der Waals surface area contributed by atoms with Gasteiger partial charge in [0, 0.05) is 61.2 Å². The van der Waals surface area contributed by atoms with Gasteiger partial charge < -0.3 is 14.4 Å². The summed E-state index contributed by atoms with van der Waals surface area (Å²) in [7, 11) is 0. The number of nitrogens with zero attached hydrogens (tertiary/aromatic N) is 3.